The number of hydrogen-bond donors (Lipinski definition) is 3. The number of benzene rings is 1. The summed E-state index contributed by atoms with van der Waals surface area (Å²) in [4.78, 5) is 13.7. The second-order valence-corrected chi connectivity index (χ2v) is 4.00. The Bertz CT molecular complexity index is 408. The molecule has 1 amide bonds. The molecule has 0 bridgehead atoms. The van der Waals surface area contributed by atoms with Gasteiger partial charge < -0.3 is 15.1 Å². The highest BCUT2D eigenvalue weighted by Crippen LogP contribution is 2.27. The predicted molar refractivity (Wildman–Crippen MR) is 61.4 cm³/mol. The summed E-state index contributed by atoms with van der Waals surface area (Å²) < 4.78 is 0. The van der Waals surface area contributed by atoms with E-state index in [1.165, 1.54) is 18.2 Å². The fourth-order valence-electron chi connectivity index (χ4n) is 1.83. The third-order valence-corrected chi connectivity index (χ3v) is 2.84. The molecule has 6 heteroatoms. The van der Waals surface area contributed by atoms with E-state index in [-0.39, 0.29) is 23.0 Å². The lowest BCUT2D eigenvalue weighted by Gasteiger charge is -2.32. The topological polar surface area (TPSA) is 90.0 Å². The largest absolute Gasteiger partial charge is 0.507 e. The van der Waals surface area contributed by atoms with Crippen molar-refractivity contribution < 1.29 is 15.0 Å². The van der Waals surface area contributed by atoms with Crippen molar-refractivity contribution in [2.45, 2.75) is 0 Å². The first-order valence-corrected chi connectivity index (χ1v) is 5.39. The number of phenols is 2. The van der Waals surface area contributed by atoms with E-state index in [0.29, 0.717) is 26.2 Å². The Morgan fingerprint density at radius 1 is 1.12 bits per heavy atom. The molecule has 92 valence electrons. The Labute approximate surface area is 98.8 Å². The van der Waals surface area contributed by atoms with Gasteiger partial charge in [0.15, 0.2) is 0 Å². The summed E-state index contributed by atoms with van der Waals surface area (Å²) in [6.45, 7) is 2.15. The van der Waals surface area contributed by atoms with E-state index in [1.54, 1.807) is 9.91 Å². The van der Waals surface area contributed by atoms with Crippen molar-refractivity contribution in [1.29, 1.82) is 0 Å². The quantitative estimate of drug-likeness (QED) is 0.585. The highest BCUT2D eigenvalue weighted by molar-refractivity contribution is 5.99. The Balaban J connectivity index is 2.20. The summed E-state index contributed by atoms with van der Waals surface area (Å²) >= 11 is 0. The minimum atomic E-state index is -0.367. The summed E-state index contributed by atoms with van der Waals surface area (Å²) in [6.07, 6.45) is 0. The zero-order valence-electron chi connectivity index (χ0n) is 9.33. The molecular weight excluding hydrogens is 222 g/mol. The summed E-state index contributed by atoms with van der Waals surface area (Å²) in [5.74, 6) is 4.82. The number of carbonyl (C=O) groups excluding carboxylic acids is 1. The van der Waals surface area contributed by atoms with Crippen molar-refractivity contribution in [3.05, 3.63) is 23.8 Å². The number of amides is 1. The Morgan fingerprint density at radius 3 is 2.18 bits per heavy atom. The van der Waals surface area contributed by atoms with Gasteiger partial charge in [-0.15, -0.1) is 0 Å². The molecule has 0 spiro atoms. The highest BCUT2D eigenvalue weighted by atomic mass is 16.3. The molecular formula is C11H15N3O3. The molecule has 1 saturated heterocycles. The van der Waals surface area contributed by atoms with Crippen LogP contribution in [0.15, 0.2) is 18.2 Å². The van der Waals surface area contributed by atoms with Gasteiger partial charge in [0.25, 0.3) is 5.91 Å². The fourth-order valence-corrected chi connectivity index (χ4v) is 1.83. The number of carbonyl (C=O) groups is 1. The molecule has 0 atom stereocenters. The van der Waals surface area contributed by atoms with Gasteiger partial charge in [-0.3, -0.25) is 10.6 Å². The molecule has 1 aliphatic rings. The van der Waals surface area contributed by atoms with E-state index < -0.39 is 0 Å². The maximum absolute atomic E-state index is 12.1. The lowest BCUT2D eigenvalue weighted by atomic mass is 10.1. The van der Waals surface area contributed by atoms with Crippen LogP contribution in [-0.2, 0) is 0 Å². The van der Waals surface area contributed by atoms with E-state index in [9.17, 15) is 15.0 Å². The third kappa shape index (κ3) is 2.32. The lowest BCUT2D eigenvalue weighted by Crippen LogP contribution is -2.51. The summed E-state index contributed by atoms with van der Waals surface area (Å²) in [7, 11) is 0. The molecule has 1 aliphatic heterocycles. The van der Waals surface area contributed by atoms with Crippen LogP contribution >= 0.6 is 0 Å². The second-order valence-electron chi connectivity index (χ2n) is 4.00. The van der Waals surface area contributed by atoms with Crippen LogP contribution in [0.2, 0.25) is 0 Å². The fraction of sp³-hybridized carbons (Fsp3) is 0.364. The van der Waals surface area contributed by atoms with Crippen molar-refractivity contribution >= 4 is 5.91 Å². The van der Waals surface area contributed by atoms with Gasteiger partial charge in [-0.05, 0) is 12.1 Å². The van der Waals surface area contributed by atoms with Gasteiger partial charge >= 0.3 is 0 Å². The molecule has 1 fully saturated rings. The molecule has 1 aromatic carbocycles. The summed E-state index contributed by atoms with van der Waals surface area (Å²) in [5.41, 5.74) is -0.0435. The van der Waals surface area contributed by atoms with Gasteiger partial charge in [0.2, 0.25) is 0 Å². The molecule has 2 rings (SSSR count). The van der Waals surface area contributed by atoms with Gasteiger partial charge in [0.1, 0.15) is 17.1 Å². The summed E-state index contributed by atoms with van der Waals surface area (Å²) in [6, 6.07) is 4.25. The van der Waals surface area contributed by atoms with Crippen LogP contribution in [0.4, 0.5) is 0 Å². The number of nitrogens with two attached hydrogens (primary N) is 1. The van der Waals surface area contributed by atoms with E-state index >= 15 is 0 Å². The zero-order chi connectivity index (χ0) is 12.4. The molecule has 1 aromatic rings. The van der Waals surface area contributed by atoms with Crippen molar-refractivity contribution in [3.63, 3.8) is 0 Å². The molecule has 17 heavy (non-hydrogen) atoms. The highest BCUT2D eigenvalue weighted by Gasteiger charge is 2.25. The van der Waals surface area contributed by atoms with Crippen molar-refractivity contribution in [1.82, 2.24) is 9.91 Å². The van der Waals surface area contributed by atoms with E-state index in [1.807, 2.05) is 0 Å². The van der Waals surface area contributed by atoms with E-state index in [0.717, 1.165) is 0 Å². The molecule has 4 N–H and O–H groups in total. The zero-order valence-corrected chi connectivity index (χ0v) is 9.33. The minimum absolute atomic E-state index is 0.0435. The van der Waals surface area contributed by atoms with Gasteiger partial charge in [0, 0.05) is 26.2 Å². The minimum Gasteiger partial charge on any atom is -0.507 e. The average Bonchev–Trinajstić information content (AvgIpc) is 2.29. The number of aromatic hydroxyl groups is 2. The maximum atomic E-state index is 12.1. The smallest absolute Gasteiger partial charge is 0.261 e. The normalized spacial score (nSPS) is 17.1. The van der Waals surface area contributed by atoms with E-state index in [2.05, 4.69) is 0 Å². The summed E-state index contributed by atoms with van der Waals surface area (Å²) in [5, 5.41) is 20.8. The molecule has 0 radical (unpaired) electrons. The first kappa shape index (κ1) is 11.7. The molecule has 6 nitrogen and oxygen atoms in total. The third-order valence-electron chi connectivity index (χ3n) is 2.84. The molecule has 0 aromatic heterocycles. The van der Waals surface area contributed by atoms with Gasteiger partial charge in [0.05, 0.1) is 0 Å². The van der Waals surface area contributed by atoms with Crippen LogP contribution in [0.25, 0.3) is 0 Å². The van der Waals surface area contributed by atoms with Crippen LogP contribution in [0.5, 0.6) is 11.5 Å². The Kier molecular flexibility index (Phi) is 3.16. The van der Waals surface area contributed by atoms with Crippen molar-refractivity contribution in [2.75, 3.05) is 26.2 Å². The number of phenolic OH excluding ortho intramolecular Hbond substituents is 2. The van der Waals surface area contributed by atoms with Gasteiger partial charge in [-0.2, -0.15) is 0 Å². The Morgan fingerprint density at radius 2 is 1.65 bits per heavy atom. The second kappa shape index (κ2) is 4.60. The lowest BCUT2D eigenvalue weighted by molar-refractivity contribution is 0.0632. The standard InChI is InChI=1S/C11H15N3O3/c12-14-6-4-13(5-7-14)11(17)10-8(15)2-1-3-9(10)16/h1-3,15-16H,4-7,12H2. The monoisotopic (exact) mass is 237 g/mol. The van der Waals surface area contributed by atoms with Crippen LogP contribution in [0.3, 0.4) is 0 Å². The number of rotatable bonds is 1. The SMILES string of the molecule is NN1CCN(C(=O)c2c(O)cccc2O)CC1. The van der Waals surface area contributed by atoms with Crippen LogP contribution < -0.4 is 5.84 Å². The van der Waals surface area contributed by atoms with Gasteiger partial charge in [-0.1, -0.05) is 6.07 Å². The predicted octanol–water partition coefficient (Wildman–Crippen LogP) is -0.271. The number of nitrogens with zero attached hydrogens (tertiary/aromatic N) is 2. The van der Waals surface area contributed by atoms with Crippen LogP contribution in [0.1, 0.15) is 10.4 Å². The molecule has 0 unspecified atom stereocenters. The van der Waals surface area contributed by atoms with Crippen LogP contribution in [0, 0.1) is 0 Å². The average molecular weight is 237 g/mol. The maximum Gasteiger partial charge on any atom is 0.261 e. The van der Waals surface area contributed by atoms with Crippen molar-refractivity contribution in [2.24, 2.45) is 5.84 Å². The number of piperazine rings is 1. The van der Waals surface area contributed by atoms with Crippen molar-refractivity contribution in [3.8, 4) is 11.5 Å². The van der Waals surface area contributed by atoms with Crippen LogP contribution in [-0.4, -0.2) is 52.2 Å². The van der Waals surface area contributed by atoms with Gasteiger partial charge in [-0.25, -0.2) is 5.01 Å². The molecule has 0 aliphatic carbocycles. The number of hydrogen-bond acceptors (Lipinski definition) is 5. The Hall–Kier alpha value is -1.79. The number of hydrazine groups is 1. The molecule has 1 heterocycles. The molecule has 0 saturated carbocycles. The first-order valence-electron chi connectivity index (χ1n) is 5.39. The first-order chi connectivity index (χ1) is 8.09. The van der Waals surface area contributed by atoms with E-state index in [4.69, 9.17) is 5.84 Å².